The van der Waals surface area contributed by atoms with E-state index in [0.29, 0.717) is 22.0 Å². The number of benzene rings is 2. The van der Waals surface area contributed by atoms with Crippen molar-refractivity contribution in [2.24, 2.45) is 0 Å². The van der Waals surface area contributed by atoms with Crippen LogP contribution in [0.2, 0.25) is 5.02 Å². The van der Waals surface area contributed by atoms with Crippen LogP contribution in [0.15, 0.2) is 60.1 Å². The van der Waals surface area contributed by atoms with Crippen molar-refractivity contribution in [1.29, 1.82) is 0 Å². The van der Waals surface area contributed by atoms with E-state index in [1.165, 1.54) is 24.4 Å². The smallest absolute Gasteiger partial charge is 0.338 e. The fourth-order valence-electron chi connectivity index (χ4n) is 2.99. The van der Waals surface area contributed by atoms with Crippen LogP contribution in [0.4, 0.5) is 0 Å². The van der Waals surface area contributed by atoms with Crippen molar-refractivity contribution in [1.82, 2.24) is 14.3 Å². The molecule has 0 radical (unpaired) electrons. The number of ether oxygens (including phenoxy) is 1. The number of imidazole rings is 1. The summed E-state index contributed by atoms with van der Waals surface area (Å²) in [6.07, 6.45) is 3.03. The van der Waals surface area contributed by atoms with Crippen LogP contribution in [0.1, 0.15) is 44.7 Å². The third-order valence-corrected chi connectivity index (χ3v) is 6.47. The van der Waals surface area contributed by atoms with Gasteiger partial charge in [0, 0.05) is 11.2 Å². The van der Waals surface area contributed by atoms with Crippen LogP contribution in [0.5, 0.6) is 0 Å². The van der Waals surface area contributed by atoms with Gasteiger partial charge >= 0.3 is 5.97 Å². The molecule has 0 fully saturated rings. The lowest BCUT2D eigenvalue weighted by atomic mass is 10.1. The molecule has 10 heteroatoms. The number of sulfonamides is 1. The first-order valence-electron chi connectivity index (χ1n) is 9.93. The SMILES string of the molecule is C=Cc1ccc(S(=O)(=O)NC(=O)c2cn(Cc3ccc(C(=O)OCC)cc3Cl)c(C)n2)cc1. The lowest BCUT2D eigenvalue weighted by Crippen LogP contribution is -2.30. The fourth-order valence-corrected chi connectivity index (χ4v) is 4.20. The minimum atomic E-state index is -4.07. The van der Waals surface area contributed by atoms with Crippen molar-refractivity contribution in [2.45, 2.75) is 25.3 Å². The highest BCUT2D eigenvalue weighted by molar-refractivity contribution is 7.90. The summed E-state index contributed by atoms with van der Waals surface area (Å²) in [6, 6.07) is 10.7. The zero-order valence-electron chi connectivity index (χ0n) is 18.0. The standard InChI is InChI=1S/C23H22ClN3O5S/c1-4-16-6-10-19(11-7-16)33(30,31)26-22(28)21-14-27(15(3)25-21)13-18-9-8-17(12-20(18)24)23(29)32-5-2/h4,6-12,14H,1,5,13H2,2-3H3,(H,26,28). The Morgan fingerprint density at radius 2 is 1.91 bits per heavy atom. The number of nitrogens with one attached hydrogen (secondary N) is 1. The number of aromatic nitrogens is 2. The Labute approximate surface area is 196 Å². The van der Waals surface area contributed by atoms with Crippen LogP contribution in [-0.2, 0) is 21.3 Å². The van der Waals surface area contributed by atoms with Crippen molar-refractivity contribution in [3.8, 4) is 0 Å². The van der Waals surface area contributed by atoms with Crippen molar-refractivity contribution in [3.05, 3.63) is 88.5 Å². The zero-order chi connectivity index (χ0) is 24.2. The lowest BCUT2D eigenvalue weighted by molar-refractivity contribution is 0.0526. The van der Waals surface area contributed by atoms with Gasteiger partial charge in [-0.15, -0.1) is 0 Å². The summed E-state index contributed by atoms with van der Waals surface area (Å²) in [7, 11) is -4.07. The third kappa shape index (κ3) is 5.68. The monoisotopic (exact) mass is 487 g/mol. The highest BCUT2D eigenvalue weighted by Gasteiger charge is 2.21. The molecule has 0 unspecified atom stereocenters. The summed E-state index contributed by atoms with van der Waals surface area (Å²) in [5.74, 6) is -0.837. The van der Waals surface area contributed by atoms with E-state index < -0.39 is 21.9 Å². The Balaban J connectivity index is 1.76. The van der Waals surface area contributed by atoms with Crippen molar-refractivity contribution in [2.75, 3.05) is 6.61 Å². The van der Waals surface area contributed by atoms with Crippen molar-refractivity contribution >= 4 is 39.6 Å². The van der Waals surface area contributed by atoms with E-state index >= 15 is 0 Å². The molecule has 0 atom stereocenters. The van der Waals surface area contributed by atoms with E-state index in [4.69, 9.17) is 16.3 Å². The van der Waals surface area contributed by atoms with E-state index in [1.807, 2.05) is 4.72 Å². The maximum atomic E-state index is 12.6. The van der Waals surface area contributed by atoms with Gasteiger partial charge in [0.15, 0.2) is 0 Å². The van der Waals surface area contributed by atoms with Gasteiger partial charge in [-0.05, 0) is 49.2 Å². The Hall–Kier alpha value is -3.43. The third-order valence-electron chi connectivity index (χ3n) is 4.77. The second-order valence-electron chi connectivity index (χ2n) is 7.04. The van der Waals surface area contributed by atoms with E-state index in [0.717, 1.165) is 5.56 Å². The molecule has 1 aromatic heterocycles. The van der Waals surface area contributed by atoms with Crippen molar-refractivity contribution in [3.63, 3.8) is 0 Å². The van der Waals surface area contributed by atoms with Gasteiger partial charge < -0.3 is 9.30 Å². The number of amides is 1. The maximum absolute atomic E-state index is 12.6. The minimum Gasteiger partial charge on any atom is -0.462 e. The number of aryl methyl sites for hydroxylation is 1. The highest BCUT2D eigenvalue weighted by atomic mass is 35.5. The summed E-state index contributed by atoms with van der Waals surface area (Å²) in [6.45, 7) is 7.54. The largest absolute Gasteiger partial charge is 0.462 e. The minimum absolute atomic E-state index is 0.0499. The van der Waals surface area contributed by atoms with Crippen LogP contribution in [0.25, 0.3) is 6.08 Å². The van der Waals surface area contributed by atoms with Crippen LogP contribution < -0.4 is 4.72 Å². The second kappa shape index (κ2) is 10.0. The molecule has 1 amide bonds. The van der Waals surface area contributed by atoms with E-state index in [2.05, 4.69) is 11.6 Å². The molecule has 33 heavy (non-hydrogen) atoms. The first-order valence-corrected chi connectivity index (χ1v) is 11.8. The van der Waals surface area contributed by atoms with Gasteiger partial charge in [-0.2, -0.15) is 0 Å². The molecule has 0 saturated carbocycles. The predicted octanol–water partition coefficient (Wildman–Crippen LogP) is 3.83. The molecule has 1 heterocycles. The van der Waals surface area contributed by atoms with Crippen molar-refractivity contribution < 1.29 is 22.7 Å². The molecule has 3 aromatic rings. The maximum Gasteiger partial charge on any atom is 0.338 e. The molecule has 0 saturated heterocycles. The van der Waals surface area contributed by atoms with Gasteiger partial charge in [0.05, 0.1) is 23.6 Å². The number of hydrogen-bond acceptors (Lipinski definition) is 6. The number of rotatable bonds is 8. The molecule has 0 spiro atoms. The lowest BCUT2D eigenvalue weighted by Gasteiger charge is -2.09. The molecule has 3 rings (SSSR count). The fraction of sp³-hybridized carbons (Fsp3) is 0.174. The molecule has 172 valence electrons. The average molecular weight is 488 g/mol. The number of carbonyl (C=O) groups is 2. The molecular formula is C23H22ClN3O5S. The highest BCUT2D eigenvalue weighted by Crippen LogP contribution is 2.21. The first kappa shape index (κ1) is 24.2. The molecule has 0 bridgehead atoms. The number of carbonyl (C=O) groups excluding carboxylic acids is 2. The van der Waals surface area contributed by atoms with E-state index in [1.54, 1.807) is 48.8 Å². The van der Waals surface area contributed by atoms with Gasteiger partial charge in [0.1, 0.15) is 11.5 Å². The van der Waals surface area contributed by atoms with Crippen LogP contribution >= 0.6 is 11.6 Å². The molecule has 0 aliphatic heterocycles. The summed E-state index contributed by atoms with van der Waals surface area (Å²) in [4.78, 5) is 28.5. The first-order chi connectivity index (χ1) is 15.6. The Bertz CT molecular complexity index is 1310. The summed E-state index contributed by atoms with van der Waals surface area (Å²) < 4.78 is 33.7. The summed E-state index contributed by atoms with van der Waals surface area (Å²) in [5.41, 5.74) is 1.72. The quantitative estimate of drug-likeness (QED) is 0.484. The molecule has 2 aromatic carbocycles. The summed E-state index contributed by atoms with van der Waals surface area (Å²) >= 11 is 6.32. The molecule has 8 nitrogen and oxygen atoms in total. The summed E-state index contributed by atoms with van der Waals surface area (Å²) in [5, 5.41) is 0.352. The predicted molar refractivity (Wildman–Crippen MR) is 125 cm³/mol. The average Bonchev–Trinajstić information content (AvgIpc) is 3.15. The molecular weight excluding hydrogens is 466 g/mol. The van der Waals surface area contributed by atoms with Gasteiger partial charge in [-0.25, -0.2) is 22.9 Å². The Morgan fingerprint density at radius 1 is 1.21 bits per heavy atom. The van der Waals surface area contributed by atoms with E-state index in [9.17, 15) is 18.0 Å². The van der Waals surface area contributed by atoms with E-state index in [-0.39, 0.29) is 23.7 Å². The van der Waals surface area contributed by atoms with Gasteiger partial charge in [0.2, 0.25) is 0 Å². The van der Waals surface area contributed by atoms with Crippen LogP contribution in [0.3, 0.4) is 0 Å². The molecule has 1 N–H and O–H groups in total. The number of hydrogen-bond donors (Lipinski definition) is 1. The normalized spacial score (nSPS) is 11.1. The number of nitrogens with zero attached hydrogens (tertiary/aromatic N) is 2. The van der Waals surface area contributed by atoms with Gasteiger partial charge in [-0.1, -0.05) is 42.5 Å². The Kier molecular flexibility index (Phi) is 7.35. The molecule has 0 aliphatic rings. The van der Waals surface area contributed by atoms with Gasteiger partial charge in [0.25, 0.3) is 15.9 Å². The topological polar surface area (TPSA) is 107 Å². The van der Waals surface area contributed by atoms with Crippen LogP contribution in [-0.4, -0.2) is 36.5 Å². The Morgan fingerprint density at radius 3 is 2.52 bits per heavy atom. The number of esters is 1. The van der Waals surface area contributed by atoms with Crippen LogP contribution in [0, 0.1) is 6.92 Å². The number of halogens is 1. The second-order valence-corrected chi connectivity index (χ2v) is 9.13. The molecule has 0 aliphatic carbocycles. The zero-order valence-corrected chi connectivity index (χ0v) is 19.6. The van der Waals surface area contributed by atoms with Gasteiger partial charge in [-0.3, -0.25) is 4.79 Å².